The van der Waals surface area contributed by atoms with Gasteiger partial charge in [-0.25, -0.2) is 4.98 Å². The van der Waals surface area contributed by atoms with Crippen LogP contribution in [0.2, 0.25) is 0 Å². The highest BCUT2D eigenvalue weighted by molar-refractivity contribution is 7.21. The zero-order chi connectivity index (χ0) is 20.2. The van der Waals surface area contributed by atoms with E-state index >= 15 is 0 Å². The number of phenolic OH excluding ortho intramolecular Hbond substituents is 1. The largest absolute Gasteiger partial charge is 0.507 e. The number of hydrogen-bond acceptors (Lipinski definition) is 6. The summed E-state index contributed by atoms with van der Waals surface area (Å²) < 4.78 is 11.6. The maximum atomic E-state index is 12.1. The van der Waals surface area contributed by atoms with E-state index in [4.69, 9.17) is 9.47 Å². The molecule has 0 fully saturated rings. The molecule has 6 nitrogen and oxygen atoms in total. The maximum Gasteiger partial charge on any atom is 0.262 e. The van der Waals surface area contributed by atoms with E-state index in [0.29, 0.717) is 22.7 Å². The van der Waals surface area contributed by atoms with Gasteiger partial charge in [-0.3, -0.25) is 4.79 Å². The van der Waals surface area contributed by atoms with Crippen molar-refractivity contribution in [3.05, 3.63) is 66.7 Å². The Morgan fingerprint density at radius 3 is 2.55 bits per heavy atom. The van der Waals surface area contributed by atoms with Crippen molar-refractivity contribution in [1.82, 2.24) is 4.98 Å². The maximum absolute atomic E-state index is 12.1. The van der Waals surface area contributed by atoms with E-state index in [0.717, 1.165) is 15.2 Å². The summed E-state index contributed by atoms with van der Waals surface area (Å²) in [6, 6.07) is 19.8. The monoisotopic (exact) mass is 406 g/mol. The topological polar surface area (TPSA) is 80.7 Å². The first-order valence-electron chi connectivity index (χ1n) is 8.88. The molecule has 0 aliphatic carbocycles. The molecule has 1 aromatic heterocycles. The Morgan fingerprint density at radius 2 is 1.83 bits per heavy atom. The average molecular weight is 406 g/mol. The van der Waals surface area contributed by atoms with E-state index in [2.05, 4.69) is 10.3 Å². The minimum absolute atomic E-state index is 0.0536. The highest BCUT2D eigenvalue weighted by Crippen LogP contribution is 2.36. The van der Waals surface area contributed by atoms with Crippen LogP contribution in [0.4, 0.5) is 5.69 Å². The predicted molar refractivity (Wildman–Crippen MR) is 114 cm³/mol. The fourth-order valence-electron chi connectivity index (χ4n) is 2.80. The van der Waals surface area contributed by atoms with Crippen LogP contribution in [-0.2, 0) is 4.79 Å². The quantitative estimate of drug-likeness (QED) is 0.485. The lowest BCUT2D eigenvalue weighted by Crippen LogP contribution is -2.20. The standard InChI is InChI=1S/C22H18N2O4S/c1-27-15-7-9-16(10-8-15)28-13-21(26)23-14-6-11-17(19(25)12-14)22-24-18-4-2-3-5-20(18)29-22/h2-12,25H,13H2,1H3,(H,23,26). The van der Waals surface area contributed by atoms with Gasteiger partial charge in [-0.15, -0.1) is 11.3 Å². The van der Waals surface area contributed by atoms with Gasteiger partial charge in [-0.1, -0.05) is 12.1 Å². The van der Waals surface area contributed by atoms with Crippen molar-refractivity contribution in [1.29, 1.82) is 0 Å². The third kappa shape index (κ3) is 4.30. The highest BCUT2D eigenvalue weighted by Gasteiger charge is 2.12. The van der Waals surface area contributed by atoms with Crippen molar-refractivity contribution in [2.75, 3.05) is 19.0 Å². The molecule has 146 valence electrons. The van der Waals surface area contributed by atoms with Crippen molar-refractivity contribution < 1.29 is 19.4 Å². The fraction of sp³-hybridized carbons (Fsp3) is 0.0909. The summed E-state index contributed by atoms with van der Waals surface area (Å²) in [5, 5.41) is 13.9. The van der Waals surface area contributed by atoms with Crippen LogP contribution < -0.4 is 14.8 Å². The molecule has 4 aromatic rings. The van der Waals surface area contributed by atoms with Crippen LogP contribution in [0.3, 0.4) is 0 Å². The van der Waals surface area contributed by atoms with Crippen molar-refractivity contribution in [3.63, 3.8) is 0 Å². The number of nitrogens with one attached hydrogen (secondary N) is 1. The molecule has 0 atom stereocenters. The summed E-state index contributed by atoms with van der Waals surface area (Å²) >= 11 is 1.51. The van der Waals surface area contributed by atoms with Crippen LogP contribution in [0, 0.1) is 0 Å². The lowest BCUT2D eigenvalue weighted by molar-refractivity contribution is -0.118. The Kier molecular flexibility index (Phi) is 5.31. The second-order valence-corrected chi connectivity index (χ2v) is 7.26. The van der Waals surface area contributed by atoms with Gasteiger partial charge in [-0.05, 0) is 48.5 Å². The summed E-state index contributed by atoms with van der Waals surface area (Å²) in [4.78, 5) is 16.7. The van der Waals surface area contributed by atoms with Crippen molar-refractivity contribution in [3.8, 4) is 27.8 Å². The Hall–Kier alpha value is -3.58. The molecule has 3 aromatic carbocycles. The molecule has 4 rings (SSSR count). The summed E-state index contributed by atoms with van der Waals surface area (Å²) in [5.41, 5.74) is 1.99. The number of carbonyl (C=O) groups excluding carboxylic acids is 1. The SMILES string of the molecule is COc1ccc(OCC(=O)Nc2ccc(-c3nc4ccccc4s3)c(O)c2)cc1. The molecule has 29 heavy (non-hydrogen) atoms. The molecule has 0 aliphatic rings. The number of benzene rings is 3. The Bertz CT molecular complexity index is 1120. The molecule has 0 unspecified atom stereocenters. The molecule has 1 heterocycles. The van der Waals surface area contributed by atoms with E-state index in [1.165, 1.54) is 17.4 Å². The molecule has 0 aliphatic heterocycles. The number of rotatable bonds is 6. The fourth-order valence-corrected chi connectivity index (χ4v) is 3.80. The normalized spacial score (nSPS) is 10.7. The van der Waals surface area contributed by atoms with E-state index < -0.39 is 0 Å². The first-order valence-corrected chi connectivity index (χ1v) is 9.70. The molecule has 2 N–H and O–H groups in total. The van der Waals surface area contributed by atoms with Crippen LogP contribution in [0.5, 0.6) is 17.2 Å². The molecule has 0 saturated heterocycles. The van der Waals surface area contributed by atoms with E-state index in [1.807, 2.05) is 24.3 Å². The van der Waals surface area contributed by atoms with Gasteiger partial charge in [0.1, 0.15) is 22.3 Å². The number of thiazole rings is 1. The zero-order valence-corrected chi connectivity index (χ0v) is 16.4. The predicted octanol–water partition coefficient (Wildman–Crippen LogP) is 4.70. The minimum atomic E-state index is -0.326. The first-order chi connectivity index (χ1) is 14.1. The number of hydrogen-bond donors (Lipinski definition) is 2. The number of phenols is 1. The van der Waals surface area contributed by atoms with E-state index in [9.17, 15) is 9.90 Å². The van der Waals surface area contributed by atoms with Crippen molar-refractivity contribution in [2.45, 2.75) is 0 Å². The summed E-state index contributed by atoms with van der Waals surface area (Å²) in [7, 11) is 1.58. The molecular formula is C22H18N2O4S. The molecule has 0 bridgehead atoms. The number of methoxy groups -OCH3 is 1. The second-order valence-electron chi connectivity index (χ2n) is 6.23. The number of fused-ring (bicyclic) bond motifs is 1. The van der Waals surface area contributed by atoms with Crippen molar-refractivity contribution >= 4 is 33.1 Å². The van der Waals surface area contributed by atoms with Gasteiger partial charge in [0, 0.05) is 11.8 Å². The van der Waals surface area contributed by atoms with Crippen LogP contribution in [0.15, 0.2) is 66.7 Å². The summed E-state index contributed by atoms with van der Waals surface area (Å²) in [6.07, 6.45) is 0. The Labute approximate surface area is 171 Å². The van der Waals surface area contributed by atoms with Crippen LogP contribution >= 0.6 is 11.3 Å². The molecular weight excluding hydrogens is 388 g/mol. The lowest BCUT2D eigenvalue weighted by atomic mass is 10.2. The van der Waals surface area contributed by atoms with Crippen molar-refractivity contribution in [2.24, 2.45) is 0 Å². The number of anilines is 1. The number of amides is 1. The van der Waals surface area contributed by atoms with Gasteiger partial charge in [0.05, 0.1) is 22.9 Å². The molecule has 0 spiro atoms. The van der Waals surface area contributed by atoms with E-state index in [-0.39, 0.29) is 18.3 Å². The van der Waals surface area contributed by atoms with E-state index in [1.54, 1.807) is 43.5 Å². The first kappa shape index (κ1) is 18.8. The highest BCUT2D eigenvalue weighted by atomic mass is 32.1. The molecule has 1 amide bonds. The number of aromatic nitrogens is 1. The van der Waals surface area contributed by atoms with Gasteiger partial charge in [-0.2, -0.15) is 0 Å². The molecule has 7 heteroatoms. The average Bonchev–Trinajstić information content (AvgIpc) is 3.16. The Balaban J connectivity index is 1.41. The third-order valence-electron chi connectivity index (χ3n) is 4.24. The third-order valence-corrected chi connectivity index (χ3v) is 5.30. The van der Waals surface area contributed by atoms with Gasteiger partial charge in [0.2, 0.25) is 0 Å². The van der Waals surface area contributed by atoms with Gasteiger partial charge in [0.15, 0.2) is 6.61 Å². The van der Waals surface area contributed by atoms with Crippen LogP contribution in [0.25, 0.3) is 20.8 Å². The number of para-hydroxylation sites is 1. The van der Waals surface area contributed by atoms with Gasteiger partial charge in [0.25, 0.3) is 5.91 Å². The summed E-state index contributed by atoms with van der Waals surface area (Å²) in [6.45, 7) is -0.146. The number of aromatic hydroxyl groups is 1. The zero-order valence-electron chi connectivity index (χ0n) is 15.6. The number of carbonyl (C=O) groups is 1. The minimum Gasteiger partial charge on any atom is -0.507 e. The smallest absolute Gasteiger partial charge is 0.262 e. The van der Waals surface area contributed by atoms with Gasteiger partial charge >= 0.3 is 0 Å². The van der Waals surface area contributed by atoms with Crippen LogP contribution in [0.1, 0.15) is 0 Å². The van der Waals surface area contributed by atoms with Crippen LogP contribution in [-0.4, -0.2) is 29.7 Å². The van der Waals surface area contributed by atoms with Gasteiger partial charge < -0.3 is 19.9 Å². The molecule has 0 saturated carbocycles. The lowest BCUT2D eigenvalue weighted by Gasteiger charge is -2.09. The molecule has 0 radical (unpaired) electrons. The number of nitrogens with zero attached hydrogens (tertiary/aromatic N) is 1. The summed E-state index contributed by atoms with van der Waals surface area (Å²) in [5.74, 6) is 1.01. The number of ether oxygens (including phenoxy) is 2. The second kappa shape index (κ2) is 8.20. The Morgan fingerprint density at radius 1 is 1.07 bits per heavy atom.